The van der Waals surface area contributed by atoms with E-state index in [2.05, 4.69) is 15.3 Å². The second-order valence-corrected chi connectivity index (χ2v) is 12.3. The second-order valence-electron chi connectivity index (χ2n) is 9.44. The topological polar surface area (TPSA) is 127 Å². The molecule has 1 N–H and O–H groups in total. The Morgan fingerprint density at radius 2 is 1.85 bits per heavy atom. The Bertz CT molecular complexity index is 1760. The Morgan fingerprint density at radius 3 is 2.50 bits per heavy atom. The van der Waals surface area contributed by atoms with Gasteiger partial charge in [0.2, 0.25) is 5.95 Å². The first-order valence-electron chi connectivity index (χ1n) is 12.2. The summed E-state index contributed by atoms with van der Waals surface area (Å²) in [7, 11) is -3.42. The molecule has 0 radical (unpaired) electrons. The normalized spacial score (nSPS) is 15.0. The SMILES string of the molecule is C[C@@H]1Cc2c(nc(NCc3ccncn3)n(-c3ccc(S(C)(=O)=O)cc3)c2=O)CN1C(=O)c1ccc(Cl)c(Cl)c1. The van der Waals surface area contributed by atoms with E-state index in [0.29, 0.717) is 33.2 Å². The summed E-state index contributed by atoms with van der Waals surface area (Å²) in [5.74, 6) is -0.0273. The lowest BCUT2D eigenvalue weighted by Gasteiger charge is -2.34. The van der Waals surface area contributed by atoms with Crippen LogP contribution in [0, 0.1) is 0 Å². The van der Waals surface area contributed by atoms with Crippen molar-refractivity contribution < 1.29 is 13.2 Å². The van der Waals surface area contributed by atoms with Gasteiger partial charge in [0.25, 0.3) is 11.5 Å². The van der Waals surface area contributed by atoms with Gasteiger partial charge >= 0.3 is 0 Å². The third kappa shape index (κ3) is 5.58. The maximum atomic E-state index is 13.9. The zero-order valence-electron chi connectivity index (χ0n) is 21.5. The Labute approximate surface area is 240 Å². The molecule has 1 aliphatic heterocycles. The first kappa shape index (κ1) is 27.8. The molecule has 13 heteroatoms. The Hall–Kier alpha value is -3.80. The lowest BCUT2D eigenvalue weighted by Crippen LogP contribution is -2.46. The third-order valence-corrected chi connectivity index (χ3v) is 8.50. The van der Waals surface area contributed by atoms with Crippen LogP contribution in [0.5, 0.6) is 0 Å². The lowest BCUT2D eigenvalue weighted by atomic mass is 9.98. The highest BCUT2D eigenvalue weighted by Gasteiger charge is 2.32. The summed E-state index contributed by atoms with van der Waals surface area (Å²) < 4.78 is 25.4. The number of carbonyl (C=O) groups is 1. The van der Waals surface area contributed by atoms with Crippen LogP contribution in [0.2, 0.25) is 10.0 Å². The number of aromatic nitrogens is 4. The molecular weight excluding hydrogens is 575 g/mol. The predicted octanol–water partition coefficient (Wildman–Crippen LogP) is 3.93. The molecule has 0 saturated heterocycles. The van der Waals surface area contributed by atoms with E-state index in [4.69, 9.17) is 28.2 Å². The minimum Gasteiger partial charge on any atom is -0.350 e. The highest BCUT2D eigenvalue weighted by Crippen LogP contribution is 2.27. The molecule has 1 aliphatic rings. The van der Waals surface area contributed by atoms with Crippen LogP contribution in [0.15, 0.2) is 70.7 Å². The van der Waals surface area contributed by atoms with Crippen LogP contribution in [0.4, 0.5) is 5.95 Å². The summed E-state index contributed by atoms with van der Waals surface area (Å²) in [6.07, 6.45) is 4.43. The number of nitrogens with one attached hydrogen (secondary N) is 1. The first-order valence-corrected chi connectivity index (χ1v) is 14.9. The molecule has 1 amide bonds. The maximum Gasteiger partial charge on any atom is 0.263 e. The molecule has 2 aromatic carbocycles. The van der Waals surface area contributed by atoms with Crippen molar-refractivity contribution in [2.75, 3.05) is 11.6 Å². The quantitative estimate of drug-likeness (QED) is 0.353. The van der Waals surface area contributed by atoms with Crippen molar-refractivity contribution in [2.45, 2.75) is 37.4 Å². The maximum absolute atomic E-state index is 13.9. The number of fused-ring (bicyclic) bond motifs is 1. The van der Waals surface area contributed by atoms with Crippen molar-refractivity contribution in [3.05, 3.63) is 104 Å². The third-order valence-electron chi connectivity index (χ3n) is 6.64. The number of rotatable bonds is 6. The monoisotopic (exact) mass is 598 g/mol. The van der Waals surface area contributed by atoms with Crippen LogP contribution in [-0.2, 0) is 29.3 Å². The number of amides is 1. The van der Waals surface area contributed by atoms with Crippen molar-refractivity contribution in [1.29, 1.82) is 0 Å². The van der Waals surface area contributed by atoms with Crippen LogP contribution in [-0.4, -0.2) is 51.0 Å². The van der Waals surface area contributed by atoms with Gasteiger partial charge in [-0.25, -0.2) is 27.9 Å². The largest absolute Gasteiger partial charge is 0.350 e. The average Bonchev–Trinajstić information content (AvgIpc) is 2.93. The molecule has 10 nitrogen and oxygen atoms in total. The Morgan fingerprint density at radius 1 is 1.10 bits per heavy atom. The molecule has 0 fully saturated rings. The fourth-order valence-corrected chi connectivity index (χ4v) is 5.45. The van der Waals surface area contributed by atoms with Crippen molar-refractivity contribution in [3.63, 3.8) is 0 Å². The second kappa shape index (κ2) is 11.0. The van der Waals surface area contributed by atoms with Crippen molar-refractivity contribution in [2.24, 2.45) is 0 Å². The van der Waals surface area contributed by atoms with E-state index in [1.807, 2.05) is 6.92 Å². The predicted molar refractivity (Wildman–Crippen MR) is 152 cm³/mol. The standard InChI is InChI=1S/C27H24Cl2N6O4S/c1-16-11-21-24(14-34(16)25(36)17-3-8-22(28)23(29)12-17)33-27(31-13-18-9-10-30-15-32-18)35(26(21)37)19-4-6-20(7-5-19)40(2,38)39/h3-10,12,15-16H,11,13-14H2,1-2H3,(H,31,33)/t16-/m1/s1. The molecule has 3 heterocycles. The van der Waals surface area contributed by atoms with Gasteiger partial charge < -0.3 is 10.2 Å². The number of sulfone groups is 1. The molecule has 5 rings (SSSR count). The summed E-state index contributed by atoms with van der Waals surface area (Å²) in [5, 5.41) is 3.80. The molecule has 4 aromatic rings. The first-order chi connectivity index (χ1) is 19.0. The van der Waals surface area contributed by atoms with Gasteiger partial charge in [0.1, 0.15) is 6.33 Å². The van der Waals surface area contributed by atoms with Gasteiger partial charge in [0, 0.05) is 29.6 Å². The number of hydrogen-bond donors (Lipinski definition) is 1. The molecule has 206 valence electrons. The van der Waals surface area contributed by atoms with Crippen LogP contribution >= 0.6 is 23.2 Å². The number of carbonyl (C=O) groups excluding carboxylic acids is 1. The fourth-order valence-electron chi connectivity index (χ4n) is 4.52. The van der Waals surface area contributed by atoms with E-state index in [0.717, 1.165) is 6.26 Å². The Balaban J connectivity index is 1.56. The number of hydrogen-bond acceptors (Lipinski definition) is 8. The molecule has 0 saturated carbocycles. The molecule has 2 aromatic heterocycles. The molecule has 0 bridgehead atoms. The number of benzene rings is 2. The van der Waals surface area contributed by atoms with Gasteiger partial charge in [0.15, 0.2) is 9.84 Å². The zero-order valence-corrected chi connectivity index (χ0v) is 23.8. The van der Waals surface area contributed by atoms with E-state index in [-0.39, 0.29) is 52.9 Å². The number of nitrogens with zero attached hydrogens (tertiary/aromatic N) is 5. The highest BCUT2D eigenvalue weighted by atomic mass is 35.5. The van der Waals surface area contributed by atoms with Gasteiger partial charge in [-0.3, -0.25) is 9.59 Å². The van der Waals surface area contributed by atoms with Crippen LogP contribution in [0.25, 0.3) is 5.69 Å². The van der Waals surface area contributed by atoms with E-state index in [1.54, 1.807) is 41.4 Å². The Kier molecular flexibility index (Phi) is 7.63. The van der Waals surface area contributed by atoms with Crippen molar-refractivity contribution in [3.8, 4) is 5.69 Å². The van der Waals surface area contributed by atoms with Gasteiger partial charge in [-0.1, -0.05) is 23.2 Å². The molecule has 0 spiro atoms. The van der Waals surface area contributed by atoms with E-state index >= 15 is 0 Å². The minimum absolute atomic E-state index is 0.112. The van der Waals surface area contributed by atoms with Gasteiger partial charge in [-0.05, 0) is 61.9 Å². The summed E-state index contributed by atoms with van der Waals surface area (Å²) >= 11 is 12.2. The lowest BCUT2D eigenvalue weighted by molar-refractivity contribution is 0.0653. The van der Waals surface area contributed by atoms with Crippen LogP contribution < -0.4 is 10.9 Å². The van der Waals surface area contributed by atoms with Gasteiger partial charge in [-0.2, -0.15) is 0 Å². The fraction of sp³-hybridized carbons (Fsp3) is 0.222. The molecule has 1 atom stereocenters. The summed E-state index contributed by atoms with van der Waals surface area (Å²) in [5.41, 5.74) is 2.13. The number of halogens is 2. The van der Waals surface area contributed by atoms with Gasteiger partial charge in [-0.15, -0.1) is 0 Å². The smallest absolute Gasteiger partial charge is 0.263 e. The van der Waals surface area contributed by atoms with Crippen molar-refractivity contribution >= 4 is 44.9 Å². The van der Waals surface area contributed by atoms with Crippen LogP contribution in [0.1, 0.15) is 34.2 Å². The summed E-state index contributed by atoms with van der Waals surface area (Å²) in [6.45, 7) is 2.22. The van der Waals surface area contributed by atoms with E-state index in [1.165, 1.54) is 29.1 Å². The molecule has 0 aliphatic carbocycles. The summed E-state index contributed by atoms with van der Waals surface area (Å²) in [6, 6.07) is 12.2. The van der Waals surface area contributed by atoms with E-state index in [9.17, 15) is 18.0 Å². The van der Waals surface area contributed by atoms with Crippen LogP contribution in [0.3, 0.4) is 0 Å². The average molecular weight is 600 g/mol. The zero-order chi connectivity index (χ0) is 28.6. The summed E-state index contributed by atoms with van der Waals surface area (Å²) in [4.78, 5) is 42.0. The van der Waals surface area contributed by atoms with Crippen molar-refractivity contribution in [1.82, 2.24) is 24.4 Å². The molecule has 0 unspecified atom stereocenters. The molecule has 40 heavy (non-hydrogen) atoms. The number of anilines is 1. The molecular formula is C27H24Cl2N6O4S. The minimum atomic E-state index is -3.42. The van der Waals surface area contributed by atoms with E-state index < -0.39 is 9.84 Å². The van der Waals surface area contributed by atoms with Gasteiger partial charge in [0.05, 0.1) is 45.1 Å². The highest BCUT2D eigenvalue weighted by molar-refractivity contribution is 7.90.